The van der Waals surface area contributed by atoms with E-state index in [-0.39, 0.29) is 12.8 Å². The minimum Gasteiger partial charge on any atom is -0.324 e. The molecule has 0 heterocycles. The standard InChI is InChI=1S/C8H11F8O3P/c1-2-3-4-20(17,18)19-5(7(11,12)13)6(9,10)8(14,15)16/h5H,2-4H2,1H3,(H,17,18). The molecule has 12 heteroatoms. The van der Waals surface area contributed by atoms with E-state index in [9.17, 15) is 39.7 Å². The lowest BCUT2D eigenvalue weighted by atomic mass is 10.2. The van der Waals surface area contributed by atoms with Crippen LogP contribution in [-0.4, -0.2) is 35.4 Å². The maximum atomic E-state index is 12.7. The van der Waals surface area contributed by atoms with Crippen molar-refractivity contribution in [1.29, 1.82) is 0 Å². The van der Waals surface area contributed by atoms with Gasteiger partial charge in [-0.25, -0.2) is 0 Å². The molecule has 0 aliphatic rings. The largest absolute Gasteiger partial charge is 0.456 e. The Labute approximate surface area is 108 Å². The highest BCUT2D eigenvalue weighted by molar-refractivity contribution is 7.52. The first-order chi connectivity index (χ1) is 8.65. The van der Waals surface area contributed by atoms with Gasteiger partial charge in [-0.05, 0) is 6.42 Å². The average molecular weight is 338 g/mol. The van der Waals surface area contributed by atoms with Crippen LogP contribution in [0.25, 0.3) is 0 Å². The minimum atomic E-state index is -6.57. The van der Waals surface area contributed by atoms with Gasteiger partial charge in [0.2, 0.25) is 6.10 Å². The Morgan fingerprint density at radius 1 is 1.10 bits per heavy atom. The lowest BCUT2D eigenvalue weighted by Crippen LogP contribution is -2.54. The topological polar surface area (TPSA) is 46.5 Å². The van der Waals surface area contributed by atoms with Gasteiger partial charge in [-0.15, -0.1) is 0 Å². The van der Waals surface area contributed by atoms with E-state index in [1.807, 2.05) is 0 Å². The summed E-state index contributed by atoms with van der Waals surface area (Å²) in [7, 11) is -5.23. The summed E-state index contributed by atoms with van der Waals surface area (Å²) in [6.07, 6.45) is -18.4. The zero-order valence-corrected chi connectivity index (χ0v) is 10.8. The lowest BCUT2D eigenvalue weighted by molar-refractivity contribution is -0.354. The molecule has 122 valence electrons. The molecule has 0 amide bonds. The Balaban J connectivity index is 5.37. The maximum absolute atomic E-state index is 12.7. The highest BCUT2D eigenvalue weighted by Crippen LogP contribution is 2.53. The van der Waals surface area contributed by atoms with Crippen molar-refractivity contribution in [3.05, 3.63) is 0 Å². The quantitative estimate of drug-likeness (QED) is 0.585. The maximum Gasteiger partial charge on any atom is 0.456 e. The summed E-state index contributed by atoms with van der Waals surface area (Å²) >= 11 is 0. The molecule has 0 aromatic rings. The van der Waals surface area contributed by atoms with Crippen LogP contribution >= 0.6 is 7.60 Å². The van der Waals surface area contributed by atoms with E-state index in [2.05, 4.69) is 4.52 Å². The normalized spacial score (nSPS) is 18.7. The van der Waals surface area contributed by atoms with E-state index in [1.54, 1.807) is 0 Å². The van der Waals surface area contributed by atoms with Gasteiger partial charge in [-0.3, -0.25) is 9.09 Å². The Morgan fingerprint density at radius 2 is 1.55 bits per heavy atom. The molecule has 0 aromatic heterocycles. The molecule has 20 heavy (non-hydrogen) atoms. The molecule has 0 fully saturated rings. The number of hydrogen-bond donors (Lipinski definition) is 1. The summed E-state index contributed by atoms with van der Waals surface area (Å²) in [6.45, 7) is 1.46. The molecule has 0 spiro atoms. The first-order valence-corrected chi connectivity index (χ1v) is 6.93. The van der Waals surface area contributed by atoms with Crippen molar-refractivity contribution in [3.8, 4) is 0 Å². The van der Waals surface area contributed by atoms with Gasteiger partial charge in [-0.2, -0.15) is 35.1 Å². The van der Waals surface area contributed by atoms with Crippen LogP contribution in [0.4, 0.5) is 35.1 Å². The van der Waals surface area contributed by atoms with Crippen molar-refractivity contribution in [2.75, 3.05) is 6.16 Å². The molecule has 0 aromatic carbocycles. The number of halogens is 8. The van der Waals surface area contributed by atoms with E-state index in [4.69, 9.17) is 4.89 Å². The van der Waals surface area contributed by atoms with Crippen LogP contribution in [0.2, 0.25) is 0 Å². The number of alkyl halides is 8. The molecule has 0 saturated carbocycles. The predicted molar refractivity (Wildman–Crippen MR) is 51.5 cm³/mol. The second-order valence-corrected chi connectivity index (χ2v) is 5.80. The molecule has 2 atom stereocenters. The summed E-state index contributed by atoms with van der Waals surface area (Å²) in [5.41, 5.74) is 0. The van der Waals surface area contributed by atoms with Crippen LogP contribution in [0.15, 0.2) is 0 Å². The monoisotopic (exact) mass is 338 g/mol. The van der Waals surface area contributed by atoms with E-state index >= 15 is 0 Å². The molecule has 0 saturated heterocycles. The third kappa shape index (κ3) is 5.17. The first kappa shape index (κ1) is 19.6. The van der Waals surface area contributed by atoms with Crippen molar-refractivity contribution in [2.45, 2.75) is 44.1 Å². The third-order valence-corrected chi connectivity index (χ3v) is 3.49. The van der Waals surface area contributed by atoms with Gasteiger partial charge in [-0.1, -0.05) is 13.3 Å². The zero-order chi connectivity index (χ0) is 16.4. The van der Waals surface area contributed by atoms with Crippen molar-refractivity contribution in [1.82, 2.24) is 0 Å². The molecule has 0 aliphatic carbocycles. The molecule has 2 unspecified atom stereocenters. The number of rotatable bonds is 6. The van der Waals surface area contributed by atoms with E-state index in [0.29, 0.717) is 0 Å². The summed E-state index contributed by atoms with van der Waals surface area (Å²) < 4.78 is 112. The fourth-order valence-corrected chi connectivity index (χ4v) is 2.46. The van der Waals surface area contributed by atoms with Crippen LogP contribution in [0, 0.1) is 0 Å². The van der Waals surface area contributed by atoms with Gasteiger partial charge in [0.15, 0.2) is 0 Å². The Morgan fingerprint density at radius 3 is 1.85 bits per heavy atom. The summed E-state index contributed by atoms with van der Waals surface area (Å²) in [5, 5.41) is 0. The fraction of sp³-hybridized carbons (Fsp3) is 1.00. The highest BCUT2D eigenvalue weighted by atomic mass is 31.2. The van der Waals surface area contributed by atoms with Gasteiger partial charge < -0.3 is 4.89 Å². The number of hydrogen-bond acceptors (Lipinski definition) is 2. The lowest BCUT2D eigenvalue weighted by Gasteiger charge is -2.31. The van der Waals surface area contributed by atoms with Crippen molar-refractivity contribution < 1.29 is 49.1 Å². The van der Waals surface area contributed by atoms with Crippen molar-refractivity contribution in [3.63, 3.8) is 0 Å². The molecular formula is C8H11F8O3P. The third-order valence-electron chi connectivity index (χ3n) is 2.07. The van der Waals surface area contributed by atoms with Gasteiger partial charge in [0.25, 0.3) is 0 Å². The smallest absolute Gasteiger partial charge is 0.324 e. The SMILES string of the molecule is CCCCP(=O)(O)OC(C(F)(F)F)C(F)(F)C(F)(F)F. The Hall–Kier alpha value is -0.410. The molecular weight excluding hydrogens is 327 g/mol. The second kappa shape index (κ2) is 6.15. The van der Waals surface area contributed by atoms with Gasteiger partial charge in [0, 0.05) is 6.16 Å². The zero-order valence-electron chi connectivity index (χ0n) is 9.93. The minimum absolute atomic E-state index is 0.171. The number of unbranched alkanes of at least 4 members (excludes halogenated alkanes) is 1. The second-order valence-electron chi connectivity index (χ2n) is 3.86. The Bertz CT molecular complexity index is 364. The molecule has 3 nitrogen and oxygen atoms in total. The molecule has 0 rings (SSSR count). The average Bonchev–Trinajstić information content (AvgIpc) is 2.20. The molecule has 0 radical (unpaired) electrons. The predicted octanol–water partition coefficient (Wildman–Crippen LogP) is 4.12. The summed E-state index contributed by atoms with van der Waals surface area (Å²) in [5.74, 6) is -6.34. The van der Waals surface area contributed by atoms with Crippen LogP contribution in [0.5, 0.6) is 0 Å². The van der Waals surface area contributed by atoms with E-state index < -0.39 is 38.1 Å². The van der Waals surface area contributed by atoms with Crippen LogP contribution < -0.4 is 0 Å². The van der Waals surface area contributed by atoms with Crippen LogP contribution in [0.3, 0.4) is 0 Å². The van der Waals surface area contributed by atoms with Crippen molar-refractivity contribution >= 4 is 7.60 Å². The van der Waals surface area contributed by atoms with E-state index in [1.165, 1.54) is 6.92 Å². The van der Waals surface area contributed by atoms with Gasteiger partial charge >= 0.3 is 25.9 Å². The fourth-order valence-electron chi connectivity index (χ4n) is 1.06. The van der Waals surface area contributed by atoms with Crippen LogP contribution in [-0.2, 0) is 9.09 Å². The molecule has 0 bridgehead atoms. The summed E-state index contributed by atoms with van der Waals surface area (Å²) in [4.78, 5) is 8.94. The highest BCUT2D eigenvalue weighted by Gasteiger charge is 2.71. The first-order valence-electron chi connectivity index (χ1n) is 5.16. The van der Waals surface area contributed by atoms with Crippen LogP contribution in [0.1, 0.15) is 19.8 Å². The van der Waals surface area contributed by atoms with E-state index in [0.717, 1.165) is 0 Å². The van der Waals surface area contributed by atoms with Gasteiger partial charge in [0.1, 0.15) is 0 Å². The van der Waals surface area contributed by atoms with Crippen molar-refractivity contribution in [2.24, 2.45) is 0 Å². The summed E-state index contributed by atoms with van der Waals surface area (Å²) in [6, 6.07) is 0. The molecule has 0 aliphatic heterocycles. The molecule has 1 N–H and O–H groups in total. The van der Waals surface area contributed by atoms with Gasteiger partial charge in [0.05, 0.1) is 0 Å². The Kier molecular flexibility index (Phi) is 6.02.